The van der Waals surface area contributed by atoms with Gasteiger partial charge in [-0.1, -0.05) is 27.7 Å². The van der Waals surface area contributed by atoms with Gasteiger partial charge in [-0.05, 0) is 25.2 Å². The van der Waals surface area contributed by atoms with Crippen LogP contribution in [0.1, 0.15) is 41.0 Å². The summed E-state index contributed by atoms with van der Waals surface area (Å²) >= 11 is 0. The molecule has 0 aromatic rings. The number of carbonyl (C=O) groups is 4. The molecule has 5 unspecified atom stereocenters. The van der Waals surface area contributed by atoms with Crippen molar-refractivity contribution in [1.82, 2.24) is 16.0 Å². The van der Waals surface area contributed by atoms with Gasteiger partial charge >= 0.3 is 5.97 Å². The van der Waals surface area contributed by atoms with E-state index in [0.717, 1.165) is 0 Å². The second-order valence-corrected chi connectivity index (χ2v) is 7.78. The first-order valence-corrected chi connectivity index (χ1v) is 9.50. The first kappa shape index (κ1) is 26.8. The van der Waals surface area contributed by atoms with Gasteiger partial charge in [0.1, 0.15) is 12.1 Å². The molecule has 8 N–H and O–H groups in total. The van der Waals surface area contributed by atoms with Crippen LogP contribution in [-0.4, -0.2) is 75.9 Å². The van der Waals surface area contributed by atoms with Crippen molar-refractivity contribution in [3.63, 3.8) is 0 Å². The Kier molecular flexibility index (Phi) is 11.4. The zero-order valence-corrected chi connectivity index (χ0v) is 17.5. The minimum Gasteiger partial charge on any atom is -0.480 e. The molecule has 0 aromatic carbocycles. The first-order chi connectivity index (χ1) is 13.3. The van der Waals surface area contributed by atoms with Crippen LogP contribution in [0.4, 0.5) is 0 Å². The van der Waals surface area contributed by atoms with Crippen molar-refractivity contribution >= 4 is 23.7 Å². The number of rotatable bonds is 12. The molecule has 11 nitrogen and oxygen atoms in total. The zero-order chi connectivity index (χ0) is 22.9. The molecule has 0 aromatic heterocycles. The number of amides is 3. The highest BCUT2D eigenvalue weighted by molar-refractivity contribution is 5.94. The minimum absolute atomic E-state index is 0.181. The SMILES string of the molecule is CC(C)CC(N)C(=O)NC(C(=O)NC(CO)C(=O)NC(C(=O)O)C(C)O)C(C)C. The molecule has 0 rings (SSSR count). The van der Waals surface area contributed by atoms with Crippen molar-refractivity contribution in [2.75, 3.05) is 6.61 Å². The van der Waals surface area contributed by atoms with Crippen molar-refractivity contribution in [3.05, 3.63) is 0 Å². The number of aliphatic carboxylic acids is 1. The Labute approximate surface area is 170 Å². The number of carbonyl (C=O) groups excluding carboxylic acids is 3. The predicted octanol–water partition coefficient (Wildman–Crippen LogP) is -2.07. The summed E-state index contributed by atoms with van der Waals surface area (Å²) in [7, 11) is 0. The van der Waals surface area contributed by atoms with Crippen LogP contribution in [0.2, 0.25) is 0 Å². The molecule has 168 valence electrons. The fourth-order valence-corrected chi connectivity index (χ4v) is 2.51. The normalized spacial score (nSPS) is 16.5. The fourth-order valence-electron chi connectivity index (χ4n) is 2.51. The maximum Gasteiger partial charge on any atom is 0.328 e. The van der Waals surface area contributed by atoms with E-state index in [0.29, 0.717) is 6.42 Å². The summed E-state index contributed by atoms with van der Waals surface area (Å²) in [4.78, 5) is 48.1. The summed E-state index contributed by atoms with van der Waals surface area (Å²) < 4.78 is 0. The average Bonchev–Trinajstić information content (AvgIpc) is 2.59. The third kappa shape index (κ3) is 9.20. The van der Waals surface area contributed by atoms with Gasteiger partial charge in [-0.25, -0.2) is 4.79 Å². The van der Waals surface area contributed by atoms with Crippen molar-refractivity contribution in [2.45, 2.75) is 71.3 Å². The van der Waals surface area contributed by atoms with Gasteiger partial charge in [-0.3, -0.25) is 14.4 Å². The molecular formula is C18H34N4O7. The van der Waals surface area contributed by atoms with Crippen LogP contribution in [0.3, 0.4) is 0 Å². The summed E-state index contributed by atoms with van der Waals surface area (Å²) in [5.74, 6) is -3.87. The molecule has 0 spiro atoms. The summed E-state index contributed by atoms with van der Waals surface area (Å²) in [6, 6.07) is -4.90. The van der Waals surface area contributed by atoms with Crippen LogP contribution in [0.15, 0.2) is 0 Å². The Bertz CT molecular complexity index is 581. The molecule has 0 aliphatic rings. The van der Waals surface area contributed by atoms with Crippen LogP contribution in [0, 0.1) is 11.8 Å². The van der Waals surface area contributed by atoms with Gasteiger partial charge in [0, 0.05) is 0 Å². The molecule has 0 bridgehead atoms. The van der Waals surface area contributed by atoms with Crippen LogP contribution in [0.25, 0.3) is 0 Å². The van der Waals surface area contributed by atoms with Gasteiger partial charge in [0.25, 0.3) is 0 Å². The van der Waals surface area contributed by atoms with E-state index in [1.54, 1.807) is 13.8 Å². The number of hydrogen-bond acceptors (Lipinski definition) is 7. The third-order valence-corrected chi connectivity index (χ3v) is 4.17. The van der Waals surface area contributed by atoms with E-state index in [1.165, 1.54) is 6.92 Å². The quantitative estimate of drug-likeness (QED) is 0.188. The molecule has 0 saturated carbocycles. The number of carboxylic acid groups (broad SMARTS) is 1. The van der Waals surface area contributed by atoms with Gasteiger partial charge in [0.15, 0.2) is 6.04 Å². The number of nitrogens with one attached hydrogen (secondary N) is 3. The lowest BCUT2D eigenvalue weighted by molar-refractivity contribution is -0.145. The van der Waals surface area contributed by atoms with Crippen molar-refractivity contribution in [3.8, 4) is 0 Å². The lowest BCUT2D eigenvalue weighted by Gasteiger charge is -2.26. The molecule has 0 radical (unpaired) electrons. The highest BCUT2D eigenvalue weighted by Gasteiger charge is 2.32. The smallest absolute Gasteiger partial charge is 0.328 e. The molecule has 3 amide bonds. The number of aliphatic hydroxyl groups is 2. The monoisotopic (exact) mass is 418 g/mol. The van der Waals surface area contributed by atoms with Crippen LogP contribution >= 0.6 is 0 Å². The second-order valence-electron chi connectivity index (χ2n) is 7.78. The van der Waals surface area contributed by atoms with Crippen LogP contribution in [-0.2, 0) is 19.2 Å². The van der Waals surface area contributed by atoms with Crippen molar-refractivity contribution < 1.29 is 34.5 Å². The van der Waals surface area contributed by atoms with E-state index in [1.807, 2.05) is 13.8 Å². The van der Waals surface area contributed by atoms with Crippen molar-refractivity contribution in [2.24, 2.45) is 17.6 Å². The first-order valence-electron chi connectivity index (χ1n) is 9.50. The summed E-state index contributed by atoms with van der Waals surface area (Å²) in [5, 5.41) is 34.8. The van der Waals surface area contributed by atoms with E-state index < -0.39 is 60.6 Å². The highest BCUT2D eigenvalue weighted by atomic mass is 16.4. The van der Waals surface area contributed by atoms with Gasteiger partial charge in [0.05, 0.1) is 18.8 Å². The lowest BCUT2D eigenvalue weighted by atomic mass is 10.00. The molecule has 29 heavy (non-hydrogen) atoms. The van der Waals surface area contributed by atoms with Gasteiger partial charge in [0.2, 0.25) is 17.7 Å². The molecular weight excluding hydrogens is 384 g/mol. The minimum atomic E-state index is -1.61. The summed E-state index contributed by atoms with van der Waals surface area (Å²) in [5.41, 5.74) is 5.83. The molecule has 5 atom stereocenters. The zero-order valence-electron chi connectivity index (χ0n) is 17.5. The summed E-state index contributed by atoms with van der Waals surface area (Å²) in [6.07, 6.45) is -0.966. The Hall–Kier alpha value is -2.24. The van der Waals surface area contributed by atoms with E-state index in [4.69, 9.17) is 10.8 Å². The third-order valence-electron chi connectivity index (χ3n) is 4.17. The fraction of sp³-hybridized carbons (Fsp3) is 0.778. The van der Waals surface area contributed by atoms with Gasteiger partial charge in [-0.2, -0.15) is 0 Å². The van der Waals surface area contributed by atoms with E-state index >= 15 is 0 Å². The number of nitrogens with two attached hydrogens (primary N) is 1. The Morgan fingerprint density at radius 1 is 0.862 bits per heavy atom. The lowest BCUT2D eigenvalue weighted by Crippen LogP contribution is -2.60. The Balaban J connectivity index is 5.15. The van der Waals surface area contributed by atoms with E-state index in [9.17, 15) is 29.4 Å². The predicted molar refractivity (Wildman–Crippen MR) is 104 cm³/mol. The molecule has 0 heterocycles. The van der Waals surface area contributed by atoms with Crippen LogP contribution < -0.4 is 21.7 Å². The highest BCUT2D eigenvalue weighted by Crippen LogP contribution is 2.07. The standard InChI is InChI=1S/C18H34N4O7/c1-8(2)6-11(19)15(25)21-13(9(3)4)17(27)20-12(7-23)16(26)22-14(10(5)24)18(28)29/h8-14,23-24H,6-7,19H2,1-5H3,(H,20,27)(H,21,25)(H,22,26)(H,28,29). The maximum absolute atomic E-state index is 12.6. The number of carboxylic acids is 1. The Morgan fingerprint density at radius 3 is 1.76 bits per heavy atom. The van der Waals surface area contributed by atoms with Crippen LogP contribution in [0.5, 0.6) is 0 Å². The molecule has 0 aliphatic heterocycles. The summed E-state index contributed by atoms with van der Waals surface area (Å²) in [6.45, 7) is 7.54. The Morgan fingerprint density at radius 2 is 1.38 bits per heavy atom. The van der Waals surface area contributed by atoms with E-state index in [2.05, 4.69) is 16.0 Å². The molecule has 11 heteroatoms. The van der Waals surface area contributed by atoms with Gasteiger partial charge in [-0.15, -0.1) is 0 Å². The molecule has 0 saturated heterocycles. The average molecular weight is 418 g/mol. The van der Waals surface area contributed by atoms with Crippen molar-refractivity contribution in [1.29, 1.82) is 0 Å². The van der Waals surface area contributed by atoms with Gasteiger partial charge < -0.3 is 37.0 Å². The largest absolute Gasteiger partial charge is 0.480 e. The second kappa shape index (κ2) is 12.3. The number of hydrogen-bond donors (Lipinski definition) is 7. The topological polar surface area (TPSA) is 191 Å². The maximum atomic E-state index is 12.6. The van der Waals surface area contributed by atoms with E-state index in [-0.39, 0.29) is 11.8 Å². The molecule has 0 aliphatic carbocycles. The molecule has 0 fully saturated rings. The number of aliphatic hydroxyl groups excluding tert-OH is 2.